The van der Waals surface area contributed by atoms with Gasteiger partial charge in [-0.15, -0.1) is 0 Å². The fraction of sp³-hybridized carbons (Fsp3) is 0.706. The van der Waals surface area contributed by atoms with Crippen molar-refractivity contribution in [2.75, 3.05) is 32.8 Å². The van der Waals surface area contributed by atoms with Crippen molar-refractivity contribution in [1.82, 2.24) is 14.8 Å². The molecule has 1 aromatic rings. The van der Waals surface area contributed by atoms with Gasteiger partial charge < -0.3 is 5.11 Å². The third-order valence-corrected chi connectivity index (χ3v) is 4.08. The molecule has 0 amide bonds. The Morgan fingerprint density at radius 3 is 2.81 bits per heavy atom. The highest BCUT2D eigenvalue weighted by Gasteiger charge is 2.26. The molecule has 1 saturated heterocycles. The van der Waals surface area contributed by atoms with Gasteiger partial charge in [0.05, 0.1) is 5.69 Å². The van der Waals surface area contributed by atoms with E-state index in [0.717, 1.165) is 50.5 Å². The number of nitrogens with zero attached hydrogens (tertiary/aromatic N) is 3. The maximum absolute atomic E-state index is 9.33. The van der Waals surface area contributed by atoms with Gasteiger partial charge in [-0.3, -0.25) is 14.8 Å². The van der Waals surface area contributed by atoms with E-state index in [-0.39, 0.29) is 6.61 Å². The Balaban J connectivity index is 1.94. The third-order valence-electron chi connectivity index (χ3n) is 4.08. The van der Waals surface area contributed by atoms with Gasteiger partial charge >= 0.3 is 0 Å². The van der Waals surface area contributed by atoms with E-state index in [9.17, 15) is 5.11 Å². The summed E-state index contributed by atoms with van der Waals surface area (Å²) < 4.78 is 0. The Morgan fingerprint density at radius 2 is 2.14 bits per heavy atom. The predicted molar refractivity (Wildman–Crippen MR) is 86.2 cm³/mol. The number of piperazine rings is 1. The highest BCUT2D eigenvalue weighted by molar-refractivity contribution is 5.10. The van der Waals surface area contributed by atoms with Crippen LogP contribution in [0.4, 0.5) is 0 Å². The number of pyridine rings is 1. The molecule has 1 N–H and O–H groups in total. The molecule has 21 heavy (non-hydrogen) atoms. The maximum Gasteiger partial charge on any atom is 0.0547 e. The van der Waals surface area contributed by atoms with Gasteiger partial charge in [-0.1, -0.05) is 19.9 Å². The Kier molecular flexibility index (Phi) is 6.15. The van der Waals surface area contributed by atoms with Crippen molar-refractivity contribution >= 4 is 0 Å². The van der Waals surface area contributed by atoms with Gasteiger partial charge in [-0.05, 0) is 31.4 Å². The summed E-state index contributed by atoms with van der Waals surface area (Å²) in [5, 5.41) is 9.33. The zero-order chi connectivity index (χ0) is 15.2. The van der Waals surface area contributed by atoms with Crippen LogP contribution >= 0.6 is 0 Å². The summed E-state index contributed by atoms with van der Waals surface area (Å²) in [4.78, 5) is 9.61. The summed E-state index contributed by atoms with van der Waals surface area (Å²) in [6.07, 6.45) is 0.866. The molecule has 0 aromatic carbocycles. The fourth-order valence-electron chi connectivity index (χ4n) is 3.15. The van der Waals surface area contributed by atoms with Crippen LogP contribution in [0.3, 0.4) is 0 Å². The largest absolute Gasteiger partial charge is 0.396 e. The molecule has 0 aliphatic carbocycles. The lowest BCUT2D eigenvalue weighted by atomic mass is 10.1. The van der Waals surface area contributed by atoms with Gasteiger partial charge in [0.25, 0.3) is 0 Å². The van der Waals surface area contributed by atoms with Crippen LogP contribution in [0.2, 0.25) is 0 Å². The number of aryl methyl sites for hydroxylation is 1. The lowest BCUT2D eigenvalue weighted by Gasteiger charge is -2.42. The monoisotopic (exact) mass is 291 g/mol. The maximum atomic E-state index is 9.33. The lowest BCUT2D eigenvalue weighted by Crippen LogP contribution is -2.53. The van der Waals surface area contributed by atoms with Crippen LogP contribution in [-0.4, -0.2) is 58.7 Å². The van der Waals surface area contributed by atoms with Crippen molar-refractivity contribution in [1.29, 1.82) is 0 Å². The van der Waals surface area contributed by atoms with Crippen LogP contribution in [0.25, 0.3) is 0 Å². The minimum absolute atomic E-state index is 0.274. The molecule has 0 saturated carbocycles. The third kappa shape index (κ3) is 5.06. The van der Waals surface area contributed by atoms with Crippen molar-refractivity contribution in [3.05, 3.63) is 29.6 Å². The molecule has 4 nitrogen and oxygen atoms in total. The van der Waals surface area contributed by atoms with Crippen LogP contribution in [0, 0.1) is 12.8 Å². The minimum atomic E-state index is 0.274. The molecule has 1 fully saturated rings. The Bertz CT molecular complexity index is 436. The summed E-state index contributed by atoms with van der Waals surface area (Å²) in [6.45, 7) is 12.1. The first-order chi connectivity index (χ1) is 10.1. The Labute approximate surface area is 128 Å². The molecule has 1 atom stereocenters. The Morgan fingerprint density at radius 1 is 1.33 bits per heavy atom. The quantitative estimate of drug-likeness (QED) is 0.869. The summed E-state index contributed by atoms with van der Waals surface area (Å²) in [5.74, 6) is 0.677. The van der Waals surface area contributed by atoms with Gasteiger partial charge in [0.2, 0.25) is 0 Å². The second-order valence-corrected chi connectivity index (χ2v) is 6.56. The van der Waals surface area contributed by atoms with Crippen LogP contribution in [0.1, 0.15) is 31.7 Å². The average Bonchev–Trinajstić information content (AvgIpc) is 2.41. The second-order valence-electron chi connectivity index (χ2n) is 6.56. The smallest absolute Gasteiger partial charge is 0.0547 e. The molecule has 2 rings (SSSR count). The number of aromatic nitrogens is 1. The first-order valence-corrected chi connectivity index (χ1v) is 8.08. The van der Waals surface area contributed by atoms with Crippen molar-refractivity contribution in [3.8, 4) is 0 Å². The average molecular weight is 291 g/mol. The topological polar surface area (TPSA) is 39.6 Å². The van der Waals surface area contributed by atoms with Gasteiger partial charge in [-0.2, -0.15) is 0 Å². The SMILES string of the molecule is Cc1cccc(CN2CCN(CC(C)C)[C@H](CCO)C2)n1. The molecule has 1 aliphatic heterocycles. The van der Waals surface area contributed by atoms with Crippen molar-refractivity contribution in [3.63, 3.8) is 0 Å². The zero-order valence-electron chi connectivity index (χ0n) is 13.6. The fourth-order valence-corrected chi connectivity index (χ4v) is 3.15. The van der Waals surface area contributed by atoms with E-state index >= 15 is 0 Å². The van der Waals surface area contributed by atoms with E-state index in [1.807, 2.05) is 13.0 Å². The molecule has 0 bridgehead atoms. The standard InChI is InChI=1S/C17H29N3O/c1-14(2)11-20-9-8-19(13-17(20)7-10-21)12-16-6-4-5-15(3)18-16/h4-6,14,17,21H,7-13H2,1-3H3/t17-/m1/s1. The molecular formula is C17H29N3O. The van der Waals surface area contributed by atoms with Gasteiger partial charge in [0.1, 0.15) is 0 Å². The van der Waals surface area contributed by atoms with E-state index in [4.69, 9.17) is 0 Å². The van der Waals surface area contributed by atoms with Crippen molar-refractivity contribution in [2.24, 2.45) is 5.92 Å². The molecular weight excluding hydrogens is 262 g/mol. The van der Waals surface area contributed by atoms with E-state index in [1.54, 1.807) is 0 Å². The van der Waals surface area contributed by atoms with Crippen molar-refractivity contribution in [2.45, 2.75) is 39.8 Å². The molecule has 118 valence electrons. The minimum Gasteiger partial charge on any atom is -0.396 e. The number of hydrogen-bond donors (Lipinski definition) is 1. The molecule has 2 heterocycles. The number of aliphatic hydroxyl groups excluding tert-OH is 1. The first-order valence-electron chi connectivity index (χ1n) is 8.08. The van der Waals surface area contributed by atoms with Crippen LogP contribution in [0.5, 0.6) is 0 Å². The predicted octanol–water partition coefficient (Wildman–Crippen LogP) is 1.91. The first kappa shape index (κ1) is 16.4. The van der Waals surface area contributed by atoms with Gasteiger partial charge in [0.15, 0.2) is 0 Å². The highest BCUT2D eigenvalue weighted by Crippen LogP contribution is 2.16. The summed E-state index contributed by atoms with van der Waals surface area (Å²) in [7, 11) is 0. The highest BCUT2D eigenvalue weighted by atomic mass is 16.3. The molecule has 1 aliphatic rings. The molecule has 4 heteroatoms. The van der Waals surface area contributed by atoms with Crippen LogP contribution < -0.4 is 0 Å². The van der Waals surface area contributed by atoms with E-state index in [2.05, 4.69) is 40.8 Å². The second kappa shape index (κ2) is 7.87. The normalized spacial score (nSPS) is 21.1. The van der Waals surface area contributed by atoms with Crippen molar-refractivity contribution < 1.29 is 5.11 Å². The van der Waals surface area contributed by atoms with E-state index in [1.165, 1.54) is 0 Å². The number of hydrogen-bond acceptors (Lipinski definition) is 4. The van der Waals surface area contributed by atoms with Gasteiger partial charge in [0, 0.05) is 51.1 Å². The summed E-state index contributed by atoms with van der Waals surface area (Å²) in [5.41, 5.74) is 2.23. The summed E-state index contributed by atoms with van der Waals surface area (Å²) in [6, 6.07) is 6.70. The molecule has 0 unspecified atom stereocenters. The Hall–Kier alpha value is -0.970. The number of rotatable bonds is 6. The summed E-state index contributed by atoms with van der Waals surface area (Å²) >= 11 is 0. The lowest BCUT2D eigenvalue weighted by molar-refractivity contribution is 0.0471. The van der Waals surface area contributed by atoms with Crippen LogP contribution in [0.15, 0.2) is 18.2 Å². The van der Waals surface area contributed by atoms with E-state index < -0.39 is 0 Å². The molecule has 1 aromatic heterocycles. The number of aliphatic hydroxyl groups is 1. The zero-order valence-corrected chi connectivity index (χ0v) is 13.6. The van der Waals surface area contributed by atoms with Gasteiger partial charge in [-0.25, -0.2) is 0 Å². The van der Waals surface area contributed by atoms with E-state index in [0.29, 0.717) is 12.0 Å². The molecule has 0 radical (unpaired) electrons. The molecule has 0 spiro atoms. The van der Waals surface area contributed by atoms with Crippen LogP contribution in [-0.2, 0) is 6.54 Å².